The third-order valence-electron chi connectivity index (χ3n) is 3.70. The number of rotatable bonds is 6. The van der Waals surface area contributed by atoms with E-state index in [0.717, 1.165) is 56.4 Å². The van der Waals surface area contributed by atoms with Crippen LogP contribution in [0.15, 0.2) is 11.1 Å². The van der Waals surface area contributed by atoms with Gasteiger partial charge in [0, 0.05) is 37.3 Å². The molecule has 0 radical (unpaired) electrons. The van der Waals surface area contributed by atoms with Crippen LogP contribution in [0.25, 0.3) is 0 Å². The molecule has 0 bridgehead atoms. The number of ether oxygens (including phenoxy) is 1. The average molecular weight is 331 g/mol. The van der Waals surface area contributed by atoms with Crippen LogP contribution in [0.3, 0.4) is 0 Å². The molecule has 0 saturated carbocycles. The fraction of sp³-hybridized carbons (Fsp3) is 0.786. The highest BCUT2D eigenvalue weighted by atomic mass is 79.9. The summed E-state index contributed by atoms with van der Waals surface area (Å²) in [6, 6.07) is 0. The number of amides is 1. The fourth-order valence-corrected chi connectivity index (χ4v) is 3.12. The van der Waals surface area contributed by atoms with Crippen molar-refractivity contribution in [1.82, 2.24) is 9.80 Å². The number of halogens is 1. The van der Waals surface area contributed by atoms with Gasteiger partial charge in [-0.15, -0.1) is 0 Å². The minimum atomic E-state index is 0.240. The molecule has 2 fully saturated rings. The summed E-state index contributed by atoms with van der Waals surface area (Å²) in [6.45, 7) is 8.58. The van der Waals surface area contributed by atoms with E-state index >= 15 is 0 Å². The van der Waals surface area contributed by atoms with Crippen molar-refractivity contribution >= 4 is 21.8 Å². The lowest BCUT2D eigenvalue weighted by molar-refractivity contribution is -0.131. The first kappa shape index (κ1) is 15.0. The second-order valence-corrected chi connectivity index (χ2v) is 6.53. The van der Waals surface area contributed by atoms with Gasteiger partial charge in [0.1, 0.15) is 0 Å². The van der Waals surface area contributed by atoms with Crippen LogP contribution in [0.4, 0.5) is 0 Å². The Morgan fingerprint density at radius 1 is 1.32 bits per heavy atom. The number of carbonyl (C=O) groups excluding carboxylic acids is 1. The Kier molecular flexibility index (Phi) is 5.85. The van der Waals surface area contributed by atoms with Gasteiger partial charge in [-0.2, -0.15) is 0 Å². The third-order valence-corrected chi connectivity index (χ3v) is 3.95. The lowest BCUT2D eigenvalue weighted by Gasteiger charge is -2.26. The molecule has 5 heteroatoms. The molecule has 2 rings (SSSR count). The Hall–Kier alpha value is -0.390. The first-order valence-corrected chi connectivity index (χ1v) is 7.89. The van der Waals surface area contributed by atoms with E-state index in [1.165, 1.54) is 0 Å². The molecule has 0 N–H and O–H groups in total. The smallest absolute Gasteiger partial charge is 0.236 e. The van der Waals surface area contributed by atoms with E-state index in [1.807, 2.05) is 4.90 Å². The van der Waals surface area contributed by atoms with Crippen LogP contribution in [-0.2, 0) is 9.53 Å². The summed E-state index contributed by atoms with van der Waals surface area (Å²) >= 11 is 3.40. The Morgan fingerprint density at radius 2 is 2.05 bits per heavy atom. The zero-order valence-electron chi connectivity index (χ0n) is 11.4. The molecular formula is C14H23BrN2O2. The van der Waals surface area contributed by atoms with Gasteiger partial charge in [0.25, 0.3) is 0 Å². The van der Waals surface area contributed by atoms with Crippen LogP contribution in [0.1, 0.15) is 25.7 Å². The molecule has 2 aliphatic rings. The van der Waals surface area contributed by atoms with Gasteiger partial charge in [0.15, 0.2) is 0 Å². The molecule has 19 heavy (non-hydrogen) atoms. The summed E-state index contributed by atoms with van der Waals surface area (Å²) < 4.78 is 6.58. The topological polar surface area (TPSA) is 32.8 Å². The maximum Gasteiger partial charge on any atom is 0.236 e. The molecule has 1 atom stereocenters. The Labute approximate surface area is 123 Å². The van der Waals surface area contributed by atoms with Crippen LogP contribution in [0, 0.1) is 0 Å². The Morgan fingerprint density at radius 3 is 2.63 bits per heavy atom. The summed E-state index contributed by atoms with van der Waals surface area (Å²) in [5.41, 5.74) is 0. The summed E-state index contributed by atoms with van der Waals surface area (Å²) in [5.74, 6) is 0.240. The SMILES string of the molecule is C=C(Br)CN(CC(=O)N1CCCC1)C[C@H]1CCCO1. The van der Waals surface area contributed by atoms with E-state index < -0.39 is 0 Å². The zero-order valence-corrected chi connectivity index (χ0v) is 13.0. The summed E-state index contributed by atoms with van der Waals surface area (Å²) in [7, 11) is 0. The lowest BCUT2D eigenvalue weighted by Crippen LogP contribution is -2.42. The third kappa shape index (κ3) is 4.89. The van der Waals surface area contributed by atoms with Crippen molar-refractivity contribution in [2.75, 3.05) is 39.3 Å². The summed E-state index contributed by atoms with van der Waals surface area (Å²) in [6.07, 6.45) is 4.79. The standard InChI is InChI=1S/C14H23BrN2O2/c1-12(15)9-16(10-13-5-4-8-19-13)11-14(18)17-6-2-3-7-17/h13H,1-11H2/t13-/m1/s1. The zero-order chi connectivity index (χ0) is 13.7. The van der Waals surface area contributed by atoms with Gasteiger partial charge in [-0.1, -0.05) is 22.5 Å². The first-order chi connectivity index (χ1) is 9.15. The Bertz CT molecular complexity index is 323. The number of hydrogen-bond donors (Lipinski definition) is 0. The van der Waals surface area contributed by atoms with Crippen molar-refractivity contribution in [3.63, 3.8) is 0 Å². The van der Waals surface area contributed by atoms with E-state index in [-0.39, 0.29) is 12.0 Å². The molecule has 0 aromatic heterocycles. The van der Waals surface area contributed by atoms with Crippen molar-refractivity contribution in [3.05, 3.63) is 11.1 Å². The monoisotopic (exact) mass is 330 g/mol. The Balaban J connectivity index is 1.84. The van der Waals surface area contributed by atoms with Gasteiger partial charge >= 0.3 is 0 Å². The predicted molar refractivity (Wildman–Crippen MR) is 79.3 cm³/mol. The lowest BCUT2D eigenvalue weighted by atomic mass is 10.2. The minimum absolute atomic E-state index is 0.240. The van der Waals surface area contributed by atoms with Gasteiger partial charge in [0.2, 0.25) is 5.91 Å². The highest BCUT2D eigenvalue weighted by Gasteiger charge is 2.24. The van der Waals surface area contributed by atoms with Crippen LogP contribution < -0.4 is 0 Å². The number of carbonyl (C=O) groups is 1. The molecule has 2 heterocycles. The van der Waals surface area contributed by atoms with Crippen LogP contribution in [0.2, 0.25) is 0 Å². The van der Waals surface area contributed by atoms with Gasteiger partial charge in [-0.05, 0) is 25.7 Å². The van der Waals surface area contributed by atoms with Gasteiger partial charge in [-0.3, -0.25) is 9.69 Å². The fourth-order valence-electron chi connectivity index (χ4n) is 2.76. The maximum absolute atomic E-state index is 12.2. The maximum atomic E-state index is 12.2. The second kappa shape index (κ2) is 7.41. The molecule has 2 aliphatic heterocycles. The molecule has 0 aliphatic carbocycles. The molecule has 0 unspecified atom stereocenters. The summed E-state index contributed by atoms with van der Waals surface area (Å²) in [5, 5.41) is 0. The van der Waals surface area contributed by atoms with E-state index in [4.69, 9.17) is 4.74 Å². The van der Waals surface area contributed by atoms with Gasteiger partial charge in [-0.25, -0.2) is 0 Å². The van der Waals surface area contributed by atoms with E-state index in [1.54, 1.807) is 0 Å². The molecular weight excluding hydrogens is 308 g/mol. The quantitative estimate of drug-likeness (QED) is 0.746. The molecule has 0 aromatic carbocycles. The molecule has 1 amide bonds. The number of hydrogen-bond acceptors (Lipinski definition) is 3. The van der Waals surface area contributed by atoms with Crippen molar-refractivity contribution in [2.24, 2.45) is 0 Å². The van der Waals surface area contributed by atoms with Crippen molar-refractivity contribution in [3.8, 4) is 0 Å². The van der Waals surface area contributed by atoms with Crippen molar-refractivity contribution in [1.29, 1.82) is 0 Å². The van der Waals surface area contributed by atoms with Crippen LogP contribution in [-0.4, -0.2) is 61.1 Å². The van der Waals surface area contributed by atoms with Crippen LogP contribution >= 0.6 is 15.9 Å². The molecule has 2 saturated heterocycles. The van der Waals surface area contributed by atoms with E-state index in [0.29, 0.717) is 13.1 Å². The number of likely N-dealkylation sites (tertiary alicyclic amines) is 1. The van der Waals surface area contributed by atoms with Gasteiger partial charge < -0.3 is 9.64 Å². The molecule has 0 aromatic rings. The minimum Gasteiger partial charge on any atom is -0.377 e. The van der Waals surface area contributed by atoms with E-state index in [9.17, 15) is 4.79 Å². The summed E-state index contributed by atoms with van der Waals surface area (Å²) in [4.78, 5) is 16.3. The van der Waals surface area contributed by atoms with Crippen molar-refractivity contribution < 1.29 is 9.53 Å². The van der Waals surface area contributed by atoms with E-state index in [2.05, 4.69) is 27.4 Å². The normalized spacial score (nSPS) is 23.3. The van der Waals surface area contributed by atoms with Crippen LogP contribution in [0.5, 0.6) is 0 Å². The molecule has 0 spiro atoms. The highest BCUT2D eigenvalue weighted by molar-refractivity contribution is 9.11. The van der Waals surface area contributed by atoms with Gasteiger partial charge in [0.05, 0.1) is 12.6 Å². The second-order valence-electron chi connectivity index (χ2n) is 5.41. The van der Waals surface area contributed by atoms with Crippen molar-refractivity contribution in [2.45, 2.75) is 31.8 Å². The number of nitrogens with zero attached hydrogens (tertiary/aromatic N) is 2. The largest absolute Gasteiger partial charge is 0.377 e. The average Bonchev–Trinajstić information content (AvgIpc) is 3.00. The molecule has 108 valence electrons. The predicted octanol–water partition coefficient (Wildman–Crippen LogP) is 2.00. The first-order valence-electron chi connectivity index (χ1n) is 7.10. The highest BCUT2D eigenvalue weighted by Crippen LogP contribution is 2.16. The molecule has 4 nitrogen and oxygen atoms in total.